The van der Waals surface area contributed by atoms with Gasteiger partial charge < -0.3 is 10.1 Å². The molecule has 0 heterocycles. The predicted molar refractivity (Wildman–Crippen MR) is 62.8 cm³/mol. The summed E-state index contributed by atoms with van der Waals surface area (Å²) in [5.41, 5.74) is -0.253. The third-order valence-corrected chi connectivity index (χ3v) is 2.52. The lowest BCUT2D eigenvalue weighted by atomic mass is 10.0. The van der Waals surface area contributed by atoms with Gasteiger partial charge in [0, 0.05) is 6.04 Å². The van der Waals surface area contributed by atoms with Crippen LogP contribution in [0.4, 0.5) is 0 Å². The molecule has 0 aromatic rings. The molecule has 0 spiro atoms. The lowest BCUT2D eigenvalue weighted by Crippen LogP contribution is -2.40. The molecule has 1 amide bonds. The van der Waals surface area contributed by atoms with E-state index in [1.54, 1.807) is 0 Å². The highest BCUT2D eigenvalue weighted by Crippen LogP contribution is 2.08. The minimum absolute atomic E-state index is 0.0299. The van der Waals surface area contributed by atoms with Gasteiger partial charge in [-0.25, -0.2) is 0 Å². The minimum atomic E-state index is -0.253. The topological polar surface area (TPSA) is 38.3 Å². The first kappa shape index (κ1) is 14.4. The first-order valence-corrected chi connectivity index (χ1v) is 5.69. The van der Waals surface area contributed by atoms with Gasteiger partial charge in [-0.1, -0.05) is 20.3 Å². The molecule has 0 aromatic heterocycles. The molecule has 15 heavy (non-hydrogen) atoms. The van der Waals surface area contributed by atoms with Gasteiger partial charge in [-0.15, -0.1) is 0 Å². The third-order valence-electron chi connectivity index (χ3n) is 2.52. The van der Waals surface area contributed by atoms with E-state index in [-0.39, 0.29) is 24.2 Å². The Morgan fingerprint density at radius 2 is 1.87 bits per heavy atom. The number of carbonyl (C=O) groups excluding carboxylic acids is 1. The number of hydrogen-bond acceptors (Lipinski definition) is 2. The van der Waals surface area contributed by atoms with Gasteiger partial charge in [0.1, 0.15) is 6.61 Å². The van der Waals surface area contributed by atoms with Gasteiger partial charge in [0.2, 0.25) is 5.91 Å². The highest BCUT2D eigenvalue weighted by Gasteiger charge is 2.16. The second-order valence-corrected chi connectivity index (χ2v) is 5.14. The fraction of sp³-hybridized carbons (Fsp3) is 0.917. The molecule has 0 aromatic carbocycles. The van der Waals surface area contributed by atoms with Crippen molar-refractivity contribution in [3.05, 3.63) is 0 Å². The number of hydrogen-bond donors (Lipinski definition) is 1. The van der Waals surface area contributed by atoms with Crippen LogP contribution < -0.4 is 5.32 Å². The van der Waals surface area contributed by atoms with Crippen molar-refractivity contribution in [3.63, 3.8) is 0 Å². The average Bonchev–Trinajstić information content (AvgIpc) is 2.12. The van der Waals surface area contributed by atoms with Crippen LogP contribution in [0, 0.1) is 5.92 Å². The molecule has 0 fully saturated rings. The van der Waals surface area contributed by atoms with E-state index in [0.29, 0.717) is 5.92 Å². The van der Waals surface area contributed by atoms with Crippen LogP contribution in [-0.4, -0.2) is 24.2 Å². The Hall–Kier alpha value is -0.570. The fourth-order valence-electron chi connectivity index (χ4n) is 1.07. The van der Waals surface area contributed by atoms with Gasteiger partial charge in [-0.05, 0) is 33.6 Å². The van der Waals surface area contributed by atoms with Gasteiger partial charge in [-0.3, -0.25) is 4.79 Å². The Balaban J connectivity index is 3.84. The Labute approximate surface area is 93.6 Å². The third kappa shape index (κ3) is 7.37. The van der Waals surface area contributed by atoms with Crippen molar-refractivity contribution >= 4 is 5.91 Å². The van der Waals surface area contributed by atoms with Gasteiger partial charge in [-0.2, -0.15) is 0 Å². The molecule has 0 rings (SSSR count). The van der Waals surface area contributed by atoms with E-state index in [0.717, 1.165) is 6.42 Å². The lowest BCUT2D eigenvalue weighted by Gasteiger charge is -2.22. The summed E-state index contributed by atoms with van der Waals surface area (Å²) < 4.78 is 5.39. The van der Waals surface area contributed by atoms with E-state index in [9.17, 15) is 4.79 Å². The van der Waals surface area contributed by atoms with Crippen molar-refractivity contribution in [2.75, 3.05) is 6.61 Å². The van der Waals surface area contributed by atoms with E-state index >= 15 is 0 Å². The summed E-state index contributed by atoms with van der Waals surface area (Å²) >= 11 is 0. The van der Waals surface area contributed by atoms with Gasteiger partial charge >= 0.3 is 0 Å². The van der Waals surface area contributed by atoms with Crippen LogP contribution in [0.1, 0.15) is 48.0 Å². The number of amides is 1. The van der Waals surface area contributed by atoms with Crippen LogP contribution in [0.2, 0.25) is 0 Å². The number of carbonyl (C=O) groups is 1. The van der Waals surface area contributed by atoms with Crippen molar-refractivity contribution in [2.24, 2.45) is 5.92 Å². The van der Waals surface area contributed by atoms with Crippen LogP contribution in [0.25, 0.3) is 0 Å². The highest BCUT2D eigenvalue weighted by molar-refractivity contribution is 5.77. The summed E-state index contributed by atoms with van der Waals surface area (Å²) in [5.74, 6) is 0.473. The van der Waals surface area contributed by atoms with Crippen molar-refractivity contribution in [2.45, 2.75) is 59.6 Å². The molecule has 0 aliphatic carbocycles. The average molecular weight is 215 g/mol. The maximum Gasteiger partial charge on any atom is 0.246 e. The van der Waals surface area contributed by atoms with Crippen LogP contribution in [0.3, 0.4) is 0 Å². The standard InChI is InChI=1S/C12H25NO2/c1-7-9(2)10(3)13-11(14)8-15-12(4,5)6/h9-10H,7-8H2,1-6H3,(H,13,14). The van der Waals surface area contributed by atoms with E-state index in [4.69, 9.17) is 4.74 Å². The van der Waals surface area contributed by atoms with Gasteiger partial charge in [0.15, 0.2) is 0 Å². The van der Waals surface area contributed by atoms with E-state index in [1.165, 1.54) is 0 Å². The quantitative estimate of drug-likeness (QED) is 0.764. The maximum atomic E-state index is 11.5. The molecule has 0 aliphatic heterocycles. The first-order valence-electron chi connectivity index (χ1n) is 5.69. The second kappa shape index (κ2) is 6.11. The smallest absolute Gasteiger partial charge is 0.246 e. The molecule has 3 heteroatoms. The molecule has 1 N–H and O–H groups in total. The normalized spacial score (nSPS) is 15.9. The Kier molecular flexibility index (Phi) is 5.88. The molecule has 0 radical (unpaired) electrons. The molecular formula is C12H25NO2. The zero-order valence-electron chi connectivity index (χ0n) is 10.9. The van der Waals surface area contributed by atoms with Crippen molar-refractivity contribution in [1.29, 1.82) is 0 Å². The van der Waals surface area contributed by atoms with Gasteiger partial charge in [0.05, 0.1) is 5.60 Å². The molecule has 2 unspecified atom stereocenters. The monoisotopic (exact) mass is 215 g/mol. The highest BCUT2D eigenvalue weighted by atomic mass is 16.5. The second-order valence-electron chi connectivity index (χ2n) is 5.14. The first-order chi connectivity index (χ1) is 6.76. The molecule has 3 nitrogen and oxygen atoms in total. The van der Waals surface area contributed by atoms with Crippen molar-refractivity contribution in [1.82, 2.24) is 5.32 Å². The zero-order chi connectivity index (χ0) is 12.1. The summed E-state index contributed by atoms with van der Waals surface area (Å²) in [4.78, 5) is 11.5. The summed E-state index contributed by atoms with van der Waals surface area (Å²) in [5, 5.41) is 2.94. The number of rotatable bonds is 5. The van der Waals surface area contributed by atoms with Crippen LogP contribution >= 0.6 is 0 Å². The van der Waals surface area contributed by atoms with E-state index < -0.39 is 0 Å². The van der Waals surface area contributed by atoms with Crippen molar-refractivity contribution < 1.29 is 9.53 Å². The Morgan fingerprint density at radius 3 is 2.27 bits per heavy atom. The van der Waals surface area contributed by atoms with Crippen LogP contribution in [-0.2, 0) is 9.53 Å². The largest absolute Gasteiger partial charge is 0.366 e. The van der Waals surface area contributed by atoms with E-state index in [2.05, 4.69) is 19.2 Å². The summed E-state index contributed by atoms with van der Waals surface area (Å²) in [6.45, 7) is 12.3. The summed E-state index contributed by atoms with van der Waals surface area (Å²) in [7, 11) is 0. The SMILES string of the molecule is CCC(C)C(C)NC(=O)COC(C)(C)C. The molecule has 0 saturated heterocycles. The molecule has 2 atom stereocenters. The van der Waals surface area contributed by atoms with Gasteiger partial charge in [0.25, 0.3) is 0 Å². The van der Waals surface area contributed by atoms with E-state index in [1.807, 2.05) is 27.7 Å². The maximum absolute atomic E-state index is 11.5. The fourth-order valence-corrected chi connectivity index (χ4v) is 1.07. The molecule has 0 bridgehead atoms. The molecule has 0 saturated carbocycles. The van der Waals surface area contributed by atoms with Crippen molar-refractivity contribution in [3.8, 4) is 0 Å². The molecule has 90 valence electrons. The number of nitrogens with one attached hydrogen (secondary N) is 1. The summed E-state index contributed by atoms with van der Waals surface area (Å²) in [6.07, 6.45) is 1.07. The molecule has 0 aliphatic rings. The lowest BCUT2D eigenvalue weighted by molar-refractivity contribution is -0.131. The Bertz CT molecular complexity index is 196. The predicted octanol–water partition coefficient (Wildman–Crippen LogP) is 2.35. The van der Waals surface area contributed by atoms with Crippen LogP contribution in [0.15, 0.2) is 0 Å². The minimum Gasteiger partial charge on any atom is -0.366 e. The zero-order valence-corrected chi connectivity index (χ0v) is 10.9. The summed E-state index contributed by atoms with van der Waals surface area (Å²) in [6, 6.07) is 0.214. The van der Waals surface area contributed by atoms with Crippen LogP contribution in [0.5, 0.6) is 0 Å². The number of ether oxygens (including phenoxy) is 1. The Morgan fingerprint density at radius 1 is 1.33 bits per heavy atom. The molecular weight excluding hydrogens is 190 g/mol.